The van der Waals surface area contributed by atoms with Crippen LogP contribution in [-0.2, 0) is 9.53 Å². The molecule has 2 aliphatic carbocycles. The summed E-state index contributed by atoms with van der Waals surface area (Å²) < 4.78 is 5.09. The summed E-state index contributed by atoms with van der Waals surface area (Å²) in [6, 6.07) is 1.50. The lowest BCUT2D eigenvalue weighted by atomic mass is 9.92. The molecule has 122 valence electrons. The van der Waals surface area contributed by atoms with Gasteiger partial charge in [0.25, 0.3) is 0 Å². The number of nitrogens with zero attached hydrogens (tertiary/aromatic N) is 1. The van der Waals surface area contributed by atoms with Gasteiger partial charge >= 0.3 is 5.97 Å². The molecule has 0 heterocycles. The van der Waals surface area contributed by atoms with Gasteiger partial charge in [-0.1, -0.05) is 19.3 Å². The molecule has 0 amide bonds. The van der Waals surface area contributed by atoms with Gasteiger partial charge in [0.15, 0.2) is 0 Å². The molecule has 0 bridgehead atoms. The van der Waals surface area contributed by atoms with Crippen LogP contribution in [0.3, 0.4) is 0 Å². The smallest absolute Gasteiger partial charge is 0.326 e. The lowest BCUT2D eigenvalue weighted by molar-refractivity contribution is -0.149. The first-order chi connectivity index (χ1) is 9.98. The molecule has 21 heavy (non-hydrogen) atoms. The van der Waals surface area contributed by atoms with Crippen molar-refractivity contribution in [2.75, 3.05) is 14.2 Å². The van der Waals surface area contributed by atoms with Crippen LogP contribution in [0.1, 0.15) is 65.2 Å². The van der Waals surface area contributed by atoms with Gasteiger partial charge in [-0.3, -0.25) is 10.1 Å². The van der Waals surface area contributed by atoms with Gasteiger partial charge in [0.1, 0.15) is 5.54 Å². The van der Waals surface area contributed by atoms with Crippen molar-refractivity contribution in [2.24, 2.45) is 0 Å². The van der Waals surface area contributed by atoms with Crippen molar-refractivity contribution in [3.63, 3.8) is 0 Å². The molecule has 2 fully saturated rings. The van der Waals surface area contributed by atoms with Gasteiger partial charge in [0, 0.05) is 18.1 Å². The van der Waals surface area contributed by atoms with Gasteiger partial charge in [-0.15, -0.1) is 0 Å². The van der Waals surface area contributed by atoms with Crippen molar-refractivity contribution in [3.8, 4) is 0 Å². The molecule has 4 nitrogen and oxygen atoms in total. The zero-order valence-corrected chi connectivity index (χ0v) is 14.2. The van der Waals surface area contributed by atoms with Crippen LogP contribution in [0.5, 0.6) is 0 Å². The third-order valence-corrected chi connectivity index (χ3v) is 5.36. The fourth-order valence-corrected chi connectivity index (χ4v) is 4.28. The Morgan fingerprint density at radius 1 is 1.19 bits per heavy atom. The van der Waals surface area contributed by atoms with E-state index >= 15 is 0 Å². The van der Waals surface area contributed by atoms with Crippen LogP contribution < -0.4 is 5.32 Å². The summed E-state index contributed by atoms with van der Waals surface area (Å²) in [6.07, 6.45) is 9.58. The normalized spacial score (nSPS) is 31.0. The van der Waals surface area contributed by atoms with Crippen LogP contribution in [0.2, 0.25) is 0 Å². The second-order valence-electron chi connectivity index (χ2n) is 7.23. The first kappa shape index (κ1) is 16.8. The molecule has 2 atom stereocenters. The van der Waals surface area contributed by atoms with Crippen molar-refractivity contribution < 1.29 is 9.53 Å². The summed E-state index contributed by atoms with van der Waals surface area (Å²) in [5, 5.41) is 3.49. The number of carbonyl (C=O) groups excluding carboxylic acids is 1. The van der Waals surface area contributed by atoms with E-state index in [-0.39, 0.29) is 5.97 Å². The van der Waals surface area contributed by atoms with Crippen molar-refractivity contribution in [1.82, 2.24) is 10.2 Å². The maximum Gasteiger partial charge on any atom is 0.326 e. The Hall–Kier alpha value is -0.610. The van der Waals surface area contributed by atoms with Crippen molar-refractivity contribution in [2.45, 2.75) is 88.9 Å². The second kappa shape index (κ2) is 7.10. The highest BCUT2D eigenvalue weighted by molar-refractivity contribution is 5.81. The maximum absolute atomic E-state index is 12.3. The first-order valence-corrected chi connectivity index (χ1v) is 8.56. The Bertz CT molecular complexity index is 353. The van der Waals surface area contributed by atoms with Crippen LogP contribution in [0.25, 0.3) is 0 Å². The molecule has 2 saturated carbocycles. The van der Waals surface area contributed by atoms with Crippen molar-refractivity contribution >= 4 is 5.97 Å². The first-order valence-electron chi connectivity index (χ1n) is 8.56. The van der Waals surface area contributed by atoms with Gasteiger partial charge in [0.05, 0.1) is 7.11 Å². The zero-order valence-electron chi connectivity index (χ0n) is 14.2. The quantitative estimate of drug-likeness (QED) is 0.792. The zero-order chi connectivity index (χ0) is 15.5. The van der Waals surface area contributed by atoms with Gasteiger partial charge in [-0.2, -0.15) is 0 Å². The van der Waals surface area contributed by atoms with Crippen LogP contribution >= 0.6 is 0 Å². The molecule has 0 saturated heterocycles. The molecular weight excluding hydrogens is 264 g/mol. The SMILES string of the molecule is COC(=O)C1(NC(C)C)CCC(N(C)C2CCCCC2)C1. The highest BCUT2D eigenvalue weighted by atomic mass is 16.5. The van der Waals surface area contributed by atoms with Gasteiger partial charge < -0.3 is 9.64 Å². The number of rotatable bonds is 5. The van der Waals surface area contributed by atoms with Gasteiger partial charge in [-0.25, -0.2) is 0 Å². The molecule has 0 aromatic rings. The highest BCUT2D eigenvalue weighted by Gasteiger charge is 2.48. The molecule has 0 aromatic heterocycles. The molecule has 4 heteroatoms. The van der Waals surface area contributed by atoms with E-state index in [0.717, 1.165) is 19.3 Å². The lowest BCUT2D eigenvalue weighted by Gasteiger charge is -2.37. The lowest BCUT2D eigenvalue weighted by Crippen LogP contribution is -2.54. The Morgan fingerprint density at radius 3 is 2.43 bits per heavy atom. The summed E-state index contributed by atoms with van der Waals surface area (Å²) in [4.78, 5) is 14.9. The van der Waals surface area contributed by atoms with E-state index < -0.39 is 5.54 Å². The summed E-state index contributed by atoms with van der Waals surface area (Å²) in [5.41, 5.74) is -0.476. The summed E-state index contributed by atoms with van der Waals surface area (Å²) in [6.45, 7) is 4.20. The van der Waals surface area contributed by atoms with E-state index in [2.05, 4.69) is 31.1 Å². The average Bonchev–Trinajstić information content (AvgIpc) is 2.91. The third kappa shape index (κ3) is 3.78. The van der Waals surface area contributed by atoms with Crippen LogP contribution in [0.4, 0.5) is 0 Å². The number of carbonyl (C=O) groups is 1. The molecule has 0 spiro atoms. The Morgan fingerprint density at radius 2 is 1.86 bits per heavy atom. The minimum Gasteiger partial charge on any atom is -0.468 e. The molecule has 1 N–H and O–H groups in total. The topological polar surface area (TPSA) is 41.6 Å². The van der Waals surface area contributed by atoms with Crippen LogP contribution in [0, 0.1) is 0 Å². The van der Waals surface area contributed by atoms with E-state index in [4.69, 9.17) is 4.74 Å². The number of ether oxygens (including phenoxy) is 1. The monoisotopic (exact) mass is 296 g/mol. The molecule has 0 aromatic carbocycles. The molecule has 0 aliphatic heterocycles. The second-order valence-corrected chi connectivity index (χ2v) is 7.23. The minimum atomic E-state index is -0.476. The molecule has 0 radical (unpaired) electrons. The third-order valence-electron chi connectivity index (χ3n) is 5.36. The number of hydrogen-bond donors (Lipinski definition) is 1. The highest BCUT2D eigenvalue weighted by Crippen LogP contribution is 2.36. The Kier molecular flexibility index (Phi) is 5.67. The number of hydrogen-bond acceptors (Lipinski definition) is 4. The minimum absolute atomic E-state index is 0.0873. The molecular formula is C17H32N2O2. The van der Waals surface area contributed by atoms with E-state index in [0.29, 0.717) is 18.1 Å². The predicted molar refractivity (Wildman–Crippen MR) is 85.3 cm³/mol. The summed E-state index contributed by atoms with van der Waals surface area (Å²) in [7, 11) is 3.76. The molecule has 2 aliphatic rings. The average molecular weight is 296 g/mol. The van der Waals surface area contributed by atoms with E-state index in [1.54, 1.807) is 0 Å². The number of nitrogens with one attached hydrogen (secondary N) is 1. The summed E-state index contributed by atoms with van der Waals surface area (Å²) >= 11 is 0. The predicted octanol–water partition coefficient (Wildman–Crippen LogP) is 2.71. The van der Waals surface area contributed by atoms with E-state index in [9.17, 15) is 4.79 Å². The van der Waals surface area contributed by atoms with Gasteiger partial charge in [-0.05, 0) is 53.0 Å². The fraction of sp³-hybridized carbons (Fsp3) is 0.941. The van der Waals surface area contributed by atoms with E-state index in [1.807, 2.05) is 0 Å². The molecule has 2 rings (SSSR count). The van der Waals surface area contributed by atoms with E-state index in [1.165, 1.54) is 39.2 Å². The molecule has 2 unspecified atom stereocenters. The number of esters is 1. The summed E-state index contributed by atoms with van der Waals surface area (Å²) in [5.74, 6) is -0.0873. The Balaban J connectivity index is 2.02. The Labute approximate surface area is 129 Å². The van der Waals surface area contributed by atoms with Crippen molar-refractivity contribution in [3.05, 3.63) is 0 Å². The van der Waals surface area contributed by atoms with Crippen LogP contribution in [-0.4, -0.2) is 48.7 Å². The largest absolute Gasteiger partial charge is 0.468 e. The van der Waals surface area contributed by atoms with Gasteiger partial charge in [0.2, 0.25) is 0 Å². The number of methoxy groups -OCH3 is 1. The maximum atomic E-state index is 12.3. The standard InChI is InChI=1S/C17H32N2O2/c1-13(2)18-17(16(20)21-4)11-10-15(12-17)19(3)14-8-6-5-7-9-14/h13-15,18H,5-12H2,1-4H3. The fourth-order valence-electron chi connectivity index (χ4n) is 4.28. The van der Waals surface area contributed by atoms with Crippen LogP contribution in [0.15, 0.2) is 0 Å². The van der Waals surface area contributed by atoms with Crippen molar-refractivity contribution in [1.29, 1.82) is 0 Å².